The van der Waals surface area contributed by atoms with Crippen LogP contribution in [0.5, 0.6) is 0 Å². The van der Waals surface area contributed by atoms with Crippen molar-refractivity contribution in [3.63, 3.8) is 0 Å². The summed E-state index contributed by atoms with van der Waals surface area (Å²) in [4.78, 5) is 24.5. The quantitative estimate of drug-likeness (QED) is 0.808. The summed E-state index contributed by atoms with van der Waals surface area (Å²) in [7, 11) is -1.13. The van der Waals surface area contributed by atoms with Crippen LogP contribution in [-0.4, -0.2) is 66.9 Å². The predicted molar refractivity (Wildman–Crippen MR) is 87.2 cm³/mol. The number of anilines is 1. The normalized spacial score (nSPS) is 23.7. The number of hydrogen-bond acceptors (Lipinski definition) is 6. The van der Waals surface area contributed by atoms with Gasteiger partial charge in [0.2, 0.25) is 0 Å². The first kappa shape index (κ1) is 16.2. The lowest BCUT2D eigenvalue weighted by Crippen LogP contribution is -2.37. The third-order valence-electron chi connectivity index (χ3n) is 4.63. The number of likely N-dealkylation sites (tertiary alicyclic amines) is 1. The summed E-state index contributed by atoms with van der Waals surface area (Å²) < 4.78 is 23.3. The van der Waals surface area contributed by atoms with Crippen molar-refractivity contribution in [2.24, 2.45) is 0 Å². The lowest BCUT2D eigenvalue weighted by molar-refractivity contribution is 0.0718. The van der Waals surface area contributed by atoms with Crippen molar-refractivity contribution in [2.75, 3.05) is 36.5 Å². The number of carbonyl (C=O) groups excluding carboxylic acids is 1. The van der Waals surface area contributed by atoms with Gasteiger partial charge in [0.1, 0.15) is 17.8 Å². The van der Waals surface area contributed by atoms with Crippen molar-refractivity contribution in [3.8, 4) is 0 Å². The molecule has 0 N–H and O–H groups in total. The average molecular weight is 338 g/mol. The maximum Gasteiger partial charge on any atom is 0.272 e. The fourth-order valence-electron chi connectivity index (χ4n) is 3.18. The van der Waals surface area contributed by atoms with Crippen molar-refractivity contribution in [3.05, 3.63) is 18.1 Å². The standard InChI is InChI=1S/C15H22N4O3S/c1-18(12-5-8-23(21,22)10-12)14-9-13(16-11-17-14)15(20)19-6-3-2-4-7-19/h9,11-12H,2-8,10H2,1H3. The van der Waals surface area contributed by atoms with Gasteiger partial charge in [-0.15, -0.1) is 0 Å². The van der Waals surface area contributed by atoms with Gasteiger partial charge in [-0.1, -0.05) is 0 Å². The SMILES string of the molecule is CN(c1cc(C(=O)N2CCCCC2)ncn1)C1CCS(=O)(=O)C1. The summed E-state index contributed by atoms with van der Waals surface area (Å²) in [6, 6.07) is 1.58. The number of sulfone groups is 1. The molecule has 2 fully saturated rings. The molecule has 0 saturated carbocycles. The molecule has 7 nitrogen and oxygen atoms in total. The Morgan fingerprint density at radius 3 is 2.65 bits per heavy atom. The van der Waals surface area contributed by atoms with E-state index in [0.29, 0.717) is 17.9 Å². The number of hydrogen-bond donors (Lipinski definition) is 0. The van der Waals surface area contributed by atoms with Gasteiger partial charge in [0.25, 0.3) is 5.91 Å². The van der Waals surface area contributed by atoms with E-state index in [2.05, 4.69) is 9.97 Å². The van der Waals surface area contributed by atoms with Crippen LogP contribution in [0.4, 0.5) is 5.82 Å². The minimum Gasteiger partial charge on any atom is -0.356 e. The van der Waals surface area contributed by atoms with Gasteiger partial charge in [-0.25, -0.2) is 18.4 Å². The summed E-state index contributed by atoms with van der Waals surface area (Å²) >= 11 is 0. The molecule has 2 aliphatic rings. The minimum atomic E-state index is -2.95. The Morgan fingerprint density at radius 1 is 1.26 bits per heavy atom. The fourth-order valence-corrected chi connectivity index (χ4v) is 4.96. The molecule has 0 radical (unpaired) electrons. The Kier molecular flexibility index (Phi) is 4.52. The van der Waals surface area contributed by atoms with Crippen LogP contribution < -0.4 is 4.90 Å². The molecular weight excluding hydrogens is 316 g/mol. The van der Waals surface area contributed by atoms with Crippen LogP contribution in [0.15, 0.2) is 12.4 Å². The molecule has 1 aromatic rings. The molecule has 3 heterocycles. The Morgan fingerprint density at radius 2 is 2.00 bits per heavy atom. The Hall–Kier alpha value is -1.70. The van der Waals surface area contributed by atoms with E-state index < -0.39 is 9.84 Å². The summed E-state index contributed by atoms with van der Waals surface area (Å²) in [5, 5.41) is 0. The van der Waals surface area contributed by atoms with Gasteiger partial charge >= 0.3 is 0 Å². The molecule has 2 saturated heterocycles. The summed E-state index contributed by atoms with van der Waals surface area (Å²) in [5.41, 5.74) is 0.379. The monoisotopic (exact) mass is 338 g/mol. The van der Waals surface area contributed by atoms with Crippen molar-refractivity contribution >= 4 is 21.6 Å². The maximum atomic E-state index is 12.5. The van der Waals surface area contributed by atoms with Crippen molar-refractivity contribution in [1.82, 2.24) is 14.9 Å². The number of aromatic nitrogens is 2. The van der Waals surface area contributed by atoms with E-state index in [1.165, 1.54) is 6.33 Å². The van der Waals surface area contributed by atoms with Crippen LogP contribution >= 0.6 is 0 Å². The lowest BCUT2D eigenvalue weighted by Gasteiger charge is -2.27. The Labute approximate surface area is 136 Å². The van der Waals surface area contributed by atoms with Crippen LogP contribution in [-0.2, 0) is 9.84 Å². The molecule has 23 heavy (non-hydrogen) atoms. The second-order valence-electron chi connectivity index (χ2n) is 6.28. The summed E-state index contributed by atoms with van der Waals surface area (Å²) in [5.74, 6) is 0.887. The molecule has 0 aliphatic carbocycles. The van der Waals surface area contributed by atoms with E-state index in [1.54, 1.807) is 6.07 Å². The summed E-state index contributed by atoms with van der Waals surface area (Å²) in [6.07, 6.45) is 5.20. The van der Waals surface area contributed by atoms with Gasteiger partial charge in [-0.3, -0.25) is 4.79 Å². The summed E-state index contributed by atoms with van der Waals surface area (Å²) in [6.45, 7) is 1.55. The third kappa shape index (κ3) is 3.63. The molecule has 126 valence electrons. The molecular formula is C15H22N4O3S. The molecule has 1 atom stereocenters. The first-order valence-electron chi connectivity index (χ1n) is 8.01. The zero-order valence-electron chi connectivity index (χ0n) is 13.3. The van der Waals surface area contributed by atoms with Gasteiger partial charge in [0, 0.05) is 32.2 Å². The van der Waals surface area contributed by atoms with Crippen molar-refractivity contribution in [1.29, 1.82) is 0 Å². The maximum absolute atomic E-state index is 12.5. The van der Waals surface area contributed by atoms with E-state index >= 15 is 0 Å². The van der Waals surface area contributed by atoms with Crippen molar-refractivity contribution in [2.45, 2.75) is 31.7 Å². The van der Waals surface area contributed by atoms with Crippen LogP contribution in [0.1, 0.15) is 36.2 Å². The second-order valence-corrected chi connectivity index (χ2v) is 8.51. The first-order chi connectivity index (χ1) is 11.0. The molecule has 2 aliphatic heterocycles. The van der Waals surface area contributed by atoms with E-state index in [4.69, 9.17) is 0 Å². The van der Waals surface area contributed by atoms with Gasteiger partial charge in [0.05, 0.1) is 11.5 Å². The molecule has 1 unspecified atom stereocenters. The highest BCUT2D eigenvalue weighted by Crippen LogP contribution is 2.22. The Balaban J connectivity index is 1.75. The molecule has 8 heteroatoms. The third-order valence-corrected chi connectivity index (χ3v) is 6.38. The topological polar surface area (TPSA) is 83.5 Å². The molecule has 0 bridgehead atoms. The van der Waals surface area contributed by atoms with Gasteiger partial charge in [-0.05, 0) is 25.7 Å². The average Bonchev–Trinajstić information content (AvgIpc) is 2.94. The highest BCUT2D eigenvalue weighted by molar-refractivity contribution is 7.91. The van der Waals surface area contributed by atoms with Crippen LogP contribution in [0.25, 0.3) is 0 Å². The largest absolute Gasteiger partial charge is 0.356 e. The Bertz CT molecular complexity index is 686. The minimum absolute atomic E-state index is 0.0687. The number of amides is 1. The zero-order valence-corrected chi connectivity index (χ0v) is 14.1. The zero-order chi connectivity index (χ0) is 16.4. The molecule has 3 rings (SSSR count). The number of nitrogens with zero attached hydrogens (tertiary/aromatic N) is 4. The molecule has 1 amide bonds. The highest BCUT2D eigenvalue weighted by atomic mass is 32.2. The van der Waals surface area contributed by atoms with E-state index in [1.807, 2.05) is 16.8 Å². The van der Waals surface area contributed by atoms with E-state index in [0.717, 1.165) is 32.4 Å². The molecule has 1 aromatic heterocycles. The second kappa shape index (κ2) is 6.43. The first-order valence-corrected chi connectivity index (χ1v) is 9.83. The number of piperidine rings is 1. The molecule has 0 aromatic carbocycles. The lowest BCUT2D eigenvalue weighted by atomic mass is 10.1. The predicted octanol–water partition coefficient (Wildman–Crippen LogP) is 0.726. The van der Waals surface area contributed by atoms with Crippen LogP contribution in [0.3, 0.4) is 0 Å². The van der Waals surface area contributed by atoms with Gasteiger partial charge in [0.15, 0.2) is 9.84 Å². The van der Waals surface area contributed by atoms with Crippen molar-refractivity contribution < 1.29 is 13.2 Å². The van der Waals surface area contributed by atoms with E-state index in [9.17, 15) is 13.2 Å². The van der Waals surface area contributed by atoms with Gasteiger partial charge in [-0.2, -0.15) is 0 Å². The van der Waals surface area contributed by atoms with Gasteiger partial charge < -0.3 is 9.80 Å². The smallest absolute Gasteiger partial charge is 0.272 e. The number of carbonyl (C=O) groups is 1. The highest BCUT2D eigenvalue weighted by Gasteiger charge is 2.31. The van der Waals surface area contributed by atoms with Crippen LogP contribution in [0.2, 0.25) is 0 Å². The number of rotatable bonds is 3. The fraction of sp³-hybridized carbons (Fsp3) is 0.667. The van der Waals surface area contributed by atoms with Crippen LogP contribution in [0, 0.1) is 0 Å². The molecule has 0 spiro atoms. The van der Waals surface area contributed by atoms with E-state index in [-0.39, 0.29) is 23.5 Å².